The van der Waals surface area contributed by atoms with Gasteiger partial charge in [0.2, 0.25) is 0 Å². The fourth-order valence-corrected chi connectivity index (χ4v) is 2.35. The van der Waals surface area contributed by atoms with Crippen molar-refractivity contribution in [3.63, 3.8) is 0 Å². The summed E-state index contributed by atoms with van der Waals surface area (Å²) in [5.41, 5.74) is -0.488. The van der Waals surface area contributed by atoms with Crippen LogP contribution in [0.15, 0.2) is 0 Å². The molecule has 2 atom stereocenters. The van der Waals surface area contributed by atoms with Crippen LogP contribution >= 0.6 is 0 Å². The van der Waals surface area contributed by atoms with Crippen molar-refractivity contribution in [2.24, 2.45) is 11.8 Å². The molecule has 0 aromatic heterocycles. The number of nitrogens with one attached hydrogen (secondary N) is 1. The molecule has 17 heavy (non-hydrogen) atoms. The minimum absolute atomic E-state index is 0.488. The Morgan fingerprint density at radius 3 is 2.41 bits per heavy atom. The largest absolute Gasteiger partial charge is 0.390 e. The molecular weight excluding hydrogens is 210 g/mol. The van der Waals surface area contributed by atoms with Gasteiger partial charge in [0.15, 0.2) is 0 Å². The summed E-state index contributed by atoms with van der Waals surface area (Å²) in [5.74, 6) is 1.73. The molecule has 1 fully saturated rings. The lowest BCUT2D eigenvalue weighted by molar-refractivity contribution is 0.0669. The van der Waals surface area contributed by atoms with Crippen LogP contribution in [0.5, 0.6) is 0 Å². The van der Waals surface area contributed by atoms with Crippen molar-refractivity contribution < 1.29 is 5.11 Å². The molecule has 0 aliphatic heterocycles. The van der Waals surface area contributed by atoms with E-state index in [2.05, 4.69) is 19.2 Å². The van der Waals surface area contributed by atoms with Crippen LogP contribution in [0.2, 0.25) is 0 Å². The van der Waals surface area contributed by atoms with Crippen molar-refractivity contribution in [3.05, 3.63) is 0 Å². The molecule has 2 nitrogen and oxygen atoms in total. The van der Waals surface area contributed by atoms with Gasteiger partial charge in [0.05, 0.1) is 5.60 Å². The highest BCUT2D eigenvalue weighted by molar-refractivity contribution is 4.83. The maximum atomic E-state index is 9.64. The van der Waals surface area contributed by atoms with Gasteiger partial charge in [-0.3, -0.25) is 0 Å². The summed E-state index contributed by atoms with van der Waals surface area (Å²) in [6.07, 6.45) is 7.42. The van der Waals surface area contributed by atoms with E-state index in [0.29, 0.717) is 0 Å². The van der Waals surface area contributed by atoms with E-state index in [0.717, 1.165) is 37.3 Å². The first-order valence-electron chi connectivity index (χ1n) is 7.34. The lowest BCUT2D eigenvalue weighted by atomic mass is 9.95. The first-order valence-corrected chi connectivity index (χ1v) is 7.34. The Labute approximate surface area is 107 Å². The molecule has 0 spiro atoms. The molecule has 0 bridgehead atoms. The van der Waals surface area contributed by atoms with Crippen LogP contribution in [-0.4, -0.2) is 23.3 Å². The predicted octanol–water partition coefficient (Wildman–Crippen LogP) is 3.34. The molecule has 1 aliphatic carbocycles. The van der Waals surface area contributed by atoms with E-state index in [9.17, 15) is 5.11 Å². The van der Waals surface area contributed by atoms with Gasteiger partial charge in [-0.1, -0.05) is 19.8 Å². The molecule has 2 heteroatoms. The summed E-state index contributed by atoms with van der Waals surface area (Å²) in [6.45, 7) is 9.60. The highest BCUT2D eigenvalue weighted by atomic mass is 16.3. The lowest BCUT2D eigenvalue weighted by Crippen LogP contribution is -2.29. The minimum atomic E-state index is -0.488. The van der Waals surface area contributed by atoms with Crippen molar-refractivity contribution in [1.82, 2.24) is 5.32 Å². The zero-order valence-electron chi connectivity index (χ0n) is 12.1. The molecule has 0 unspecified atom stereocenters. The molecule has 1 rings (SSSR count). The fourth-order valence-electron chi connectivity index (χ4n) is 2.35. The summed E-state index contributed by atoms with van der Waals surface area (Å²) in [4.78, 5) is 0. The van der Waals surface area contributed by atoms with Gasteiger partial charge in [-0.05, 0) is 64.8 Å². The monoisotopic (exact) mass is 241 g/mol. The van der Waals surface area contributed by atoms with Crippen LogP contribution in [0.1, 0.15) is 66.2 Å². The Balaban J connectivity index is 1.95. The van der Waals surface area contributed by atoms with E-state index < -0.39 is 5.60 Å². The second-order valence-corrected chi connectivity index (χ2v) is 6.68. The number of hydrogen-bond acceptors (Lipinski definition) is 2. The van der Waals surface area contributed by atoms with E-state index in [1.165, 1.54) is 25.7 Å². The van der Waals surface area contributed by atoms with Gasteiger partial charge >= 0.3 is 0 Å². The number of hydrogen-bond donors (Lipinski definition) is 2. The predicted molar refractivity (Wildman–Crippen MR) is 74.1 cm³/mol. The summed E-state index contributed by atoms with van der Waals surface area (Å²) >= 11 is 0. The normalized spacial score (nSPS) is 20.3. The molecule has 0 amide bonds. The third-order valence-corrected chi connectivity index (χ3v) is 3.92. The first kappa shape index (κ1) is 15.0. The second-order valence-electron chi connectivity index (χ2n) is 6.68. The molecule has 0 heterocycles. The van der Waals surface area contributed by atoms with Crippen LogP contribution in [0.3, 0.4) is 0 Å². The van der Waals surface area contributed by atoms with Gasteiger partial charge in [-0.2, -0.15) is 0 Å². The van der Waals surface area contributed by atoms with Crippen LogP contribution in [-0.2, 0) is 0 Å². The van der Waals surface area contributed by atoms with E-state index in [4.69, 9.17) is 0 Å². The van der Waals surface area contributed by atoms with Crippen molar-refractivity contribution in [1.29, 1.82) is 0 Å². The standard InChI is InChI=1S/C15H31NO/c1-12(6-5-10-15(3,4)17)9-11-16-13(2)14-7-8-14/h12-14,16-17H,5-11H2,1-4H3/t12-,13-/m1/s1. The maximum absolute atomic E-state index is 9.64. The van der Waals surface area contributed by atoms with Gasteiger partial charge in [-0.25, -0.2) is 0 Å². The van der Waals surface area contributed by atoms with Crippen LogP contribution in [0, 0.1) is 11.8 Å². The van der Waals surface area contributed by atoms with Gasteiger partial charge in [0.25, 0.3) is 0 Å². The molecule has 1 saturated carbocycles. The summed E-state index contributed by atoms with van der Waals surface area (Å²) in [6, 6.07) is 0.721. The van der Waals surface area contributed by atoms with Gasteiger partial charge in [0, 0.05) is 6.04 Å². The van der Waals surface area contributed by atoms with E-state index in [-0.39, 0.29) is 0 Å². The molecule has 0 aromatic carbocycles. The highest BCUT2D eigenvalue weighted by Crippen LogP contribution is 2.32. The van der Waals surface area contributed by atoms with Crippen LogP contribution in [0.25, 0.3) is 0 Å². The molecule has 1 aliphatic rings. The lowest BCUT2D eigenvalue weighted by Gasteiger charge is -2.19. The van der Waals surface area contributed by atoms with Crippen LogP contribution in [0.4, 0.5) is 0 Å². The number of aliphatic hydroxyl groups is 1. The Bertz CT molecular complexity index is 205. The molecule has 0 radical (unpaired) electrons. The Morgan fingerprint density at radius 2 is 1.88 bits per heavy atom. The quantitative estimate of drug-likeness (QED) is 0.649. The van der Waals surface area contributed by atoms with Crippen molar-refractivity contribution in [2.75, 3.05) is 6.54 Å². The zero-order chi connectivity index (χ0) is 12.9. The second kappa shape index (κ2) is 6.75. The van der Waals surface area contributed by atoms with Crippen molar-refractivity contribution in [3.8, 4) is 0 Å². The van der Waals surface area contributed by atoms with E-state index in [1.807, 2.05) is 13.8 Å². The highest BCUT2D eigenvalue weighted by Gasteiger charge is 2.27. The van der Waals surface area contributed by atoms with Gasteiger partial charge in [-0.15, -0.1) is 0 Å². The Morgan fingerprint density at radius 1 is 1.24 bits per heavy atom. The average Bonchev–Trinajstić information content (AvgIpc) is 2.98. The Kier molecular flexibility index (Phi) is 5.94. The fraction of sp³-hybridized carbons (Fsp3) is 1.00. The Hall–Kier alpha value is -0.0800. The summed E-state index contributed by atoms with van der Waals surface area (Å²) in [5, 5.41) is 13.3. The van der Waals surface area contributed by atoms with Crippen LogP contribution < -0.4 is 5.32 Å². The van der Waals surface area contributed by atoms with Crippen molar-refractivity contribution in [2.45, 2.75) is 77.9 Å². The molecule has 0 aromatic rings. The number of rotatable bonds is 9. The third kappa shape index (κ3) is 7.77. The maximum Gasteiger partial charge on any atom is 0.0591 e. The molecular formula is C15H31NO. The summed E-state index contributed by atoms with van der Waals surface area (Å²) < 4.78 is 0. The van der Waals surface area contributed by atoms with E-state index in [1.54, 1.807) is 0 Å². The first-order chi connectivity index (χ1) is 7.88. The zero-order valence-corrected chi connectivity index (χ0v) is 12.1. The minimum Gasteiger partial charge on any atom is -0.390 e. The molecule has 0 saturated heterocycles. The molecule has 2 N–H and O–H groups in total. The molecule has 102 valence electrons. The smallest absolute Gasteiger partial charge is 0.0591 e. The van der Waals surface area contributed by atoms with Gasteiger partial charge in [0.1, 0.15) is 0 Å². The summed E-state index contributed by atoms with van der Waals surface area (Å²) in [7, 11) is 0. The van der Waals surface area contributed by atoms with Gasteiger partial charge < -0.3 is 10.4 Å². The SMILES string of the molecule is C[C@H](CCCC(C)(C)O)CCN[C@H](C)C1CC1. The topological polar surface area (TPSA) is 32.3 Å². The van der Waals surface area contributed by atoms with Crippen molar-refractivity contribution >= 4 is 0 Å². The average molecular weight is 241 g/mol. The van der Waals surface area contributed by atoms with E-state index >= 15 is 0 Å². The third-order valence-electron chi connectivity index (χ3n) is 3.92.